The molecule has 0 aromatic heterocycles. The average molecular weight is 365 g/mol. The van der Waals surface area contributed by atoms with Crippen LogP contribution < -0.4 is 31.9 Å². The highest BCUT2D eigenvalue weighted by Crippen LogP contribution is 2.32. The van der Waals surface area contributed by atoms with Gasteiger partial charge in [0.05, 0.1) is 6.61 Å². The fourth-order valence-electron chi connectivity index (χ4n) is 2.30. The summed E-state index contributed by atoms with van der Waals surface area (Å²) in [5.74, 6) is 2.36. The molecular formula is C19H23ClNO4-. The SMILES string of the molecule is CC(C)(CO)NCc1ccc(OCc2ccc3c(c2)OCO3)cc1.[Cl-]. The zero-order valence-corrected chi connectivity index (χ0v) is 15.2. The van der Waals surface area contributed by atoms with Crippen LogP contribution >= 0.6 is 0 Å². The lowest BCUT2D eigenvalue weighted by molar-refractivity contribution is -0.00000782. The molecule has 0 amide bonds. The van der Waals surface area contributed by atoms with E-state index in [2.05, 4.69) is 5.32 Å². The van der Waals surface area contributed by atoms with Crippen molar-refractivity contribution < 1.29 is 31.7 Å². The summed E-state index contributed by atoms with van der Waals surface area (Å²) in [5, 5.41) is 12.6. The van der Waals surface area contributed by atoms with Crippen molar-refractivity contribution in [2.75, 3.05) is 13.4 Å². The first-order valence-electron chi connectivity index (χ1n) is 8.02. The van der Waals surface area contributed by atoms with Crippen molar-refractivity contribution >= 4 is 0 Å². The molecule has 0 saturated carbocycles. The number of rotatable bonds is 7. The van der Waals surface area contributed by atoms with Crippen LogP contribution in [0.25, 0.3) is 0 Å². The van der Waals surface area contributed by atoms with Crippen LogP contribution in [-0.2, 0) is 13.2 Å². The maximum Gasteiger partial charge on any atom is 0.231 e. The Kier molecular flexibility index (Phi) is 6.53. The summed E-state index contributed by atoms with van der Waals surface area (Å²) >= 11 is 0. The van der Waals surface area contributed by atoms with Gasteiger partial charge >= 0.3 is 0 Å². The lowest BCUT2D eigenvalue weighted by Gasteiger charge is -2.23. The molecule has 5 nitrogen and oxygen atoms in total. The van der Waals surface area contributed by atoms with Crippen molar-refractivity contribution in [3.05, 3.63) is 53.6 Å². The summed E-state index contributed by atoms with van der Waals surface area (Å²) in [7, 11) is 0. The van der Waals surface area contributed by atoms with E-state index in [1.165, 1.54) is 0 Å². The zero-order chi connectivity index (χ0) is 17.0. The molecule has 2 N–H and O–H groups in total. The second-order valence-electron chi connectivity index (χ2n) is 6.52. The number of hydrogen-bond acceptors (Lipinski definition) is 5. The first-order chi connectivity index (χ1) is 11.6. The van der Waals surface area contributed by atoms with Gasteiger partial charge in [0, 0.05) is 12.1 Å². The molecule has 136 valence electrons. The molecule has 2 aromatic rings. The Bertz CT molecular complexity index is 688. The van der Waals surface area contributed by atoms with Crippen LogP contribution in [0.5, 0.6) is 17.2 Å². The second-order valence-corrected chi connectivity index (χ2v) is 6.52. The van der Waals surface area contributed by atoms with E-state index in [-0.39, 0.29) is 31.3 Å². The summed E-state index contributed by atoms with van der Waals surface area (Å²) in [4.78, 5) is 0. The molecule has 0 spiro atoms. The monoisotopic (exact) mass is 364 g/mol. The summed E-state index contributed by atoms with van der Waals surface area (Å²) < 4.78 is 16.5. The molecule has 1 aliphatic rings. The number of fused-ring (bicyclic) bond motifs is 1. The van der Waals surface area contributed by atoms with Crippen molar-refractivity contribution in [1.29, 1.82) is 0 Å². The Morgan fingerprint density at radius 1 is 1.04 bits per heavy atom. The summed E-state index contributed by atoms with van der Waals surface area (Å²) in [6.07, 6.45) is 0. The third-order valence-corrected chi connectivity index (χ3v) is 3.93. The van der Waals surface area contributed by atoms with Gasteiger partial charge < -0.3 is 37.0 Å². The van der Waals surface area contributed by atoms with Crippen molar-refractivity contribution in [3.63, 3.8) is 0 Å². The third kappa shape index (κ3) is 5.26. The molecule has 0 atom stereocenters. The van der Waals surface area contributed by atoms with Gasteiger partial charge in [-0.05, 0) is 49.2 Å². The topological polar surface area (TPSA) is 60.0 Å². The number of halogens is 1. The van der Waals surface area contributed by atoms with Crippen molar-refractivity contribution in [3.8, 4) is 17.2 Å². The van der Waals surface area contributed by atoms with Crippen molar-refractivity contribution in [2.24, 2.45) is 0 Å². The van der Waals surface area contributed by atoms with E-state index in [9.17, 15) is 5.11 Å². The van der Waals surface area contributed by atoms with Gasteiger partial charge in [0.1, 0.15) is 12.4 Å². The normalized spacial score (nSPS) is 12.6. The highest BCUT2D eigenvalue weighted by atomic mass is 35.5. The van der Waals surface area contributed by atoms with Crippen LogP contribution in [0, 0.1) is 0 Å². The molecule has 0 fully saturated rings. The number of benzene rings is 2. The summed E-state index contributed by atoms with van der Waals surface area (Å²) in [6, 6.07) is 13.8. The molecule has 25 heavy (non-hydrogen) atoms. The van der Waals surface area contributed by atoms with E-state index < -0.39 is 0 Å². The maximum absolute atomic E-state index is 9.25. The Balaban J connectivity index is 0.00000225. The average Bonchev–Trinajstić information content (AvgIpc) is 3.07. The molecule has 0 unspecified atom stereocenters. The van der Waals surface area contributed by atoms with E-state index in [1.807, 2.05) is 56.3 Å². The van der Waals surface area contributed by atoms with E-state index in [0.717, 1.165) is 28.4 Å². The van der Waals surface area contributed by atoms with Crippen molar-refractivity contribution in [1.82, 2.24) is 5.32 Å². The van der Waals surface area contributed by atoms with E-state index >= 15 is 0 Å². The quantitative estimate of drug-likeness (QED) is 0.716. The first kappa shape index (κ1) is 19.4. The number of aliphatic hydroxyl groups is 1. The number of hydrogen-bond donors (Lipinski definition) is 2. The molecule has 1 heterocycles. The van der Waals surface area contributed by atoms with Gasteiger partial charge in [-0.25, -0.2) is 0 Å². The molecule has 1 aliphatic heterocycles. The Morgan fingerprint density at radius 3 is 2.44 bits per heavy atom. The number of nitrogens with one attached hydrogen (secondary N) is 1. The van der Waals surface area contributed by atoms with Crippen LogP contribution in [0.4, 0.5) is 0 Å². The fraction of sp³-hybridized carbons (Fsp3) is 0.368. The van der Waals surface area contributed by atoms with E-state index in [1.54, 1.807) is 0 Å². The fourth-order valence-corrected chi connectivity index (χ4v) is 2.30. The molecule has 6 heteroatoms. The molecule has 0 aliphatic carbocycles. The van der Waals surface area contributed by atoms with E-state index in [4.69, 9.17) is 14.2 Å². The summed E-state index contributed by atoms with van der Waals surface area (Å²) in [5.41, 5.74) is 1.90. The molecular weight excluding hydrogens is 342 g/mol. The molecule has 0 saturated heterocycles. The van der Waals surface area contributed by atoms with Gasteiger partial charge in [-0.3, -0.25) is 0 Å². The predicted molar refractivity (Wildman–Crippen MR) is 91.3 cm³/mol. The number of ether oxygens (including phenoxy) is 3. The van der Waals surface area contributed by atoms with Gasteiger partial charge in [0.2, 0.25) is 6.79 Å². The minimum Gasteiger partial charge on any atom is -1.00 e. The second kappa shape index (κ2) is 8.43. The maximum atomic E-state index is 9.25. The number of aliphatic hydroxyl groups excluding tert-OH is 1. The standard InChI is InChI=1S/C19H23NO4.ClH/c1-19(2,12-21)20-10-14-3-6-16(7-4-14)22-11-15-5-8-17-18(9-15)24-13-23-17;/h3-9,20-21H,10-13H2,1-2H3;1H/p-1. The van der Waals surface area contributed by atoms with Gasteiger partial charge in [0.15, 0.2) is 11.5 Å². The van der Waals surface area contributed by atoms with Gasteiger partial charge in [-0.15, -0.1) is 0 Å². The summed E-state index contributed by atoms with van der Waals surface area (Å²) in [6.45, 7) is 5.50. The molecule has 2 aromatic carbocycles. The Labute approximate surface area is 154 Å². The van der Waals surface area contributed by atoms with Crippen LogP contribution in [-0.4, -0.2) is 24.0 Å². The first-order valence-corrected chi connectivity index (χ1v) is 8.02. The minimum atomic E-state index is -0.283. The van der Waals surface area contributed by atoms with Crippen LogP contribution in [0.3, 0.4) is 0 Å². The van der Waals surface area contributed by atoms with Crippen LogP contribution in [0.1, 0.15) is 25.0 Å². The minimum absolute atomic E-state index is 0. The predicted octanol–water partition coefficient (Wildman–Crippen LogP) is -0.141. The lowest BCUT2D eigenvalue weighted by atomic mass is 10.1. The van der Waals surface area contributed by atoms with Crippen LogP contribution in [0.15, 0.2) is 42.5 Å². The molecule has 3 rings (SSSR count). The highest BCUT2D eigenvalue weighted by Gasteiger charge is 2.15. The molecule has 0 bridgehead atoms. The third-order valence-electron chi connectivity index (χ3n) is 3.93. The van der Waals surface area contributed by atoms with Gasteiger partial charge in [-0.1, -0.05) is 18.2 Å². The largest absolute Gasteiger partial charge is 1.00 e. The smallest absolute Gasteiger partial charge is 0.231 e. The van der Waals surface area contributed by atoms with Crippen molar-refractivity contribution in [2.45, 2.75) is 32.5 Å². The highest BCUT2D eigenvalue weighted by molar-refractivity contribution is 5.44. The van der Waals surface area contributed by atoms with Gasteiger partial charge in [-0.2, -0.15) is 0 Å². The lowest BCUT2D eigenvalue weighted by Crippen LogP contribution is -3.00. The molecule has 0 radical (unpaired) electrons. The van der Waals surface area contributed by atoms with E-state index in [0.29, 0.717) is 13.2 Å². The Hall–Kier alpha value is -1.95. The van der Waals surface area contributed by atoms with Gasteiger partial charge in [0.25, 0.3) is 0 Å². The van der Waals surface area contributed by atoms with Crippen LogP contribution in [0.2, 0.25) is 0 Å². The Morgan fingerprint density at radius 2 is 1.72 bits per heavy atom. The zero-order valence-electron chi connectivity index (χ0n) is 14.4.